The van der Waals surface area contributed by atoms with Gasteiger partial charge >= 0.3 is 0 Å². The first kappa shape index (κ1) is 17.8. The molecule has 2 aliphatic rings. The van der Waals surface area contributed by atoms with E-state index < -0.39 is 0 Å². The molecule has 4 rings (SSSR count). The van der Waals surface area contributed by atoms with Crippen molar-refractivity contribution in [2.24, 2.45) is 10.7 Å². The topological polar surface area (TPSA) is 110 Å². The Morgan fingerprint density at radius 1 is 1.20 bits per heavy atom. The summed E-state index contributed by atoms with van der Waals surface area (Å²) >= 11 is 0. The standard InChI is InChI=1S/C15H20N8O.HI/c16-14(19-10-12-20-13(24-21-12)11-2-3-11)22-6-8-23(9-7-22)15-17-4-1-5-18-15;/h1,4-5,11H,2-3,6-10H2,(H2,16,19);1H. The van der Waals surface area contributed by atoms with Crippen LogP contribution in [0.2, 0.25) is 0 Å². The molecule has 1 saturated carbocycles. The molecule has 25 heavy (non-hydrogen) atoms. The highest BCUT2D eigenvalue weighted by Crippen LogP contribution is 2.38. The molecule has 134 valence electrons. The number of piperazine rings is 1. The van der Waals surface area contributed by atoms with Crippen LogP contribution in [0.4, 0.5) is 5.95 Å². The highest BCUT2D eigenvalue weighted by molar-refractivity contribution is 14.0. The van der Waals surface area contributed by atoms with Crippen LogP contribution in [0.1, 0.15) is 30.5 Å². The molecule has 2 fully saturated rings. The average Bonchev–Trinajstić information content (AvgIpc) is 3.39. The van der Waals surface area contributed by atoms with Crippen molar-refractivity contribution in [2.75, 3.05) is 31.1 Å². The van der Waals surface area contributed by atoms with E-state index in [0.717, 1.165) is 50.9 Å². The summed E-state index contributed by atoms with van der Waals surface area (Å²) in [4.78, 5) is 21.5. The summed E-state index contributed by atoms with van der Waals surface area (Å²) < 4.78 is 5.22. The number of aromatic nitrogens is 4. The summed E-state index contributed by atoms with van der Waals surface area (Å²) in [7, 11) is 0. The number of rotatable bonds is 4. The van der Waals surface area contributed by atoms with Crippen LogP contribution in [0.5, 0.6) is 0 Å². The summed E-state index contributed by atoms with van der Waals surface area (Å²) in [5.74, 6) is 3.06. The Bertz CT molecular complexity index is 709. The fraction of sp³-hybridized carbons (Fsp3) is 0.533. The maximum Gasteiger partial charge on any atom is 0.229 e. The van der Waals surface area contributed by atoms with E-state index >= 15 is 0 Å². The molecule has 0 aromatic carbocycles. The second-order valence-electron chi connectivity index (χ2n) is 6.02. The quantitative estimate of drug-likeness (QED) is 0.412. The van der Waals surface area contributed by atoms with Crippen LogP contribution in [0.15, 0.2) is 28.0 Å². The lowest BCUT2D eigenvalue weighted by Crippen LogP contribution is -2.51. The lowest BCUT2D eigenvalue weighted by atomic mass is 10.3. The van der Waals surface area contributed by atoms with Crippen molar-refractivity contribution in [2.45, 2.75) is 25.3 Å². The van der Waals surface area contributed by atoms with Gasteiger partial charge in [0.05, 0.1) is 0 Å². The summed E-state index contributed by atoms with van der Waals surface area (Å²) in [6, 6.07) is 1.82. The number of nitrogens with zero attached hydrogens (tertiary/aromatic N) is 7. The van der Waals surface area contributed by atoms with Gasteiger partial charge in [0.15, 0.2) is 11.8 Å². The van der Waals surface area contributed by atoms with Crippen molar-refractivity contribution >= 4 is 35.9 Å². The molecule has 0 radical (unpaired) electrons. The summed E-state index contributed by atoms with van der Waals surface area (Å²) in [6.45, 7) is 3.55. The van der Waals surface area contributed by atoms with E-state index in [2.05, 4.69) is 34.9 Å². The van der Waals surface area contributed by atoms with Crippen LogP contribution in [-0.2, 0) is 6.54 Å². The number of hydrogen-bond donors (Lipinski definition) is 1. The zero-order chi connectivity index (χ0) is 16.4. The number of anilines is 1. The van der Waals surface area contributed by atoms with E-state index in [1.54, 1.807) is 12.4 Å². The van der Waals surface area contributed by atoms with E-state index in [1.165, 1.54) is 0 Å². The number of guanidine groups is 1. The third-order valence-corrected chi connectivity index (χ3v) is 4.23. The average molecular weight is 456 g/mol. The molecule has 0 bridgehead atoms. The lowest BCUT2D eigenvalue weighted by molar-refractivity contribution is 0.372. The van der Waals surface area contributed by atoms with E-state index in [0.29, 0.717) is 24.2 Å². The third-order valence-electron chi connectivity index (χ3n) is 4.23. The second kappa shape index (κ2) is 7.93. The molecule has 0 amide bonds. The molecule has 2 N–H and O–H groups in total. The minimum Gasteiger partial charge on any atom is -0.370 e. The van der Waals surface area contributed by atoms with Gasteiger partial charge in [0, 0.05) is 44.5 Å². The summed E-state index contributed by atoms with van der Waals surface area (Å²) in [6.07, 6.45) is 5.79. The fourth-order valence-corrected chi connectivity index (χ4v) is 2.67. The molecule has 0 atom stereocenters. The minimum atomic E-state index is 0. The van der Waals surface area contributed by atoms with Crippen molar-refractivity contribution in [3.63, 3.8) is 0 Å². The van der Waals surface area contributed by atoms with Gasteiger partial charge in [0.2, 0.25) is 11.8 Å². The Hall–Kier alpha value is -1.98. The fourth-order valence-electron chi connectivity index (χ4n) is 2.67. The first-order chi connectivity index (χ1) is 11.8. The number of halogens is 1. The molecule has 0 unspecified atom stereocenters. The van der Waals surface area contributed by atoms with Crippen LogP contribution in [0.3, 0.4) is 0 Å². The van der Waals surface area contributed by atoms with Crippen LogP contribution < -0.4 is 10.6 Å². The Balaban J connectivity index is 0.00000182. The highest BCUT2D eigenvalue weighted by atomic mass is 127. The van der Waals surface area contributed by atoms with Gasteiger partial charge in [-0.1, -0.05) is 5.16 Å². The molecule has 9 nitrogen and oxygen atoms in total. The van der Waals surface area contributed by atoms with Gasteiger partial charge in [-0.15, -0.1) is 24.0 Å². The van der Waals surface area contributed by atoms with Crippen LogP contribution >= 0.6 is 24.0 Å². The van der Waals surface area contributed by atoms with Crippen molar-refractivity contribution in [1.29, 1.82) is 0 Å². The molecular formula is C15H21IN8O. The smallest absolute Gasteiger partial charge is 0.229 e. The molecule has 0 spiro atoms. The Morgan fingerprint density at radius 2 is 1.92 bits per heavy atom. The van der Waals surface area contributed by atoms with Crippen molar-refractivity contribution < 1.29 is 4.52 Å². The van der Waals surface area contributed by atoms with Gasteiger partial charge < -0.3 is 20.1 Å². The van der Waals surface area contributed by atoms with Gasteiger partial charge in [-0.25, -0.2) is 15.0 Å². The van der Waals surface area contributed by atoms with Gasteiger partial charge in [0.25, 0.3) is 0 Å². The maximum absolute atomic E-state index is 6.10. The van der Waals surface area contributed by atoms with Crippen molar-refractivity contribution in [1.82, 2.24) is 25.0 Å². The van der Waals surface area contributed by atoms with Crippen molar-refractivity contribution in [3.05, 3.63) is 30.2 Å². The Labute approximate surface area is 162 Å². The van der Waals surface area contributed by atoms with E-state index in [-0.39, 0.29) is 24.0 Å². The number of hydrogen-bond acceptors (Lipinski definition) is 7. The Morgan fingerprint density at radius 3 is 2.60 bits per heavy atom. The predicted molar refractivity (Wildman–Crippen MR) is 103 cm³/mol. The third kappa shape index (κ3) is 4.35. The molecule has 1 saturated heterocycles. The van der Waals surface area contributed by atoms with Crippen molar-refractivity contribution in [3.8, 4) is 0 Å². The zero-order valence-corrected chi connectivity index (χ0v) is 16.1. The molecular weight excluding hydrogens is 435 g/mol. The van der Waals surface area contributed by atoms with E-state index in [1.807, 2.05) is 6.07 Å². The van der Waals surface area contributed by atoms with Crippen LogP contribution in [-0.4, -0.2) is 57.1 Å². The normalized spacial score (nSPS) is 18.2. The molecule has 1 aliphatic heterocycles. The van der Waals surface area contributed by atoms with Crippen LogP contribution in [0, 0.1) is 0 Å². The zero-order valence-electron chi connectivity index (χ0n) is 13.8. The Kier molecular flexibility index (Phi) is 5.66. The number of nitrogens with two attached hydrogens (primary N) is 1. The van der Waals surface area contributed by atoms with Gasteiger partial charge in [-0.05, 0) is 18.9 Å². The van der Waals surface area contributed by atoms with E-state index in [4.69, 9.17) is 10.3 Å². The van der Waals surface area contributed by atoms with E-state index in [9.17, 15) is 0 Å². The minimum absolute atomic E-state index is 0. The van der Waals surface area contributed by atoms with Gasteiger partial charge in [-0.2, -0.15) is 4.98 Å². The maximum atomic E-state index is 6.10. The monoisotopic (exact) mass is 456 g/mol. The molecule has 3 heterocycles. The van der Waals surface area contributed by atoms with Crippen LogP contribution in [0.25, 0.3) is 0 Å². The SMILES string of the molecule is I.NC(=NCc1noc(C2CC2)n1)N1CCN(c2ncccn2)CC1. The molecule has 10 heteroatoms. The van der Waals surface area contributed by atoms with Gasteiger partial charge in [0.1, 0.15) is 6.54 Å². The largest absolute Gasteiger partial charge is 0.370 e. The summed E-state index contributed by atoms with van der Waals surface area (Å²) in [5, 5.41) is 3.95. The lowest BCUT2D eigenvalue weighted by Gasteiger charge is -2.35. The van der Waals surface area contributed by atoms with Gasteiger partial charge in [-0.3, -0.25) is 0 Å². The second-order valence-corrected chi connectivity index (χ2v) is 6.02. The molecule has 2 aromatic heterocycles. The number of aliphatic imine (C=N–C) groups is 1. The first-order valence-electron chi connectivity index (χ1n) is 8.19. The molecule has 1 aliphatic carbocycles. The molecule has 2 aromatic rings. The summed E-state index contributed by atoms with van der Waals surface area (Å²) in [5.41, 5.74) is 6.10. The predicted octanol–water partition coefficient (Wildman–Crippen LogP) is 0.992. The first-order valence-corrected chi connectivity index (χ1v) is 8.19. The highest BCUT2D eigenvalue weighted by Gasteiger charge is 2.29.